The monoisotopic (exact) mass is 525 g/mol. The normalized spacial score (nSPS) is 13.8. The molecule has 4 rings (SSSR count). The van der Waals surface area contributed by atoms with Crippen molar-refractivity contribution in [1.82, 2.24) is 9.29 Å². The quantitative estimate of drug-likeness (QED) is 0.349. The summed E-state index contributed by atoms with van der Waals surface area (Å²) in [5.74, 6) is 1.97. The maximum absolute atomic E-state index is 13.3. The number of anilines is 1. The van der Waals surface area contributed by atoms with E-state index < -0.39 is 10.0 Å². The molecule has 1 aromatic heterocycles. The second-order valence-electron chi connectivity index (χ2n) is 8.64. The SMILES string of the molecule is COc1cc(CN(CC(=O)c2ccc(S(=O)(=O)N3CCCC3)cc2)c2ccccn2)cc(OC)c1OC. The van der Waals surface area contributed by atoms with E-state index in [-0.39, 0.29) is 17.2 Å². The van der Waals surface area contributed by atoms with E-state index in [9.17, 15) is 13.2 Å². The fourth-order valence-corrected chi connectivity index (χ4v) is 5.88. The number of benzene rings is 2. The number of aromatic nitrogens is 1. The lowest BCUT2D eigenvalue weighted by atomic mass is 10.1. The maximum Gasteiger partial charge on any atom is 0.243 e. The van der Waals surface area contributed by atoms with Crippen molar-refractivity contribution >= 4 is 21.6 Å². The van der Waals surface area contributed by atoms with Crippen molar-refractivity contribution in [2.24, 2.45) is 0 Å². The van der Waals surface area contributed by atoms with Gasteiger partial charge in [-0.05, 0) is 66.9 Å². The summed E-state index contributed by atoms with van der Waals surface area (Å²) in [4.78, 5) is 19.8. The molecule has 0 unspecified atom stereocenters. The van der Waals surface area contributed by atoms with Crippen molar-refractivity contribution in [3.05, 3.63) is 71.9 Å². The Kier molecular flexibility index (Phi) is 8.30. The molecule has 1 aliphatic rings. The van der Waals surface area contributed by atoms with Crippen LogP contribution in [0.15, 0.2) is 65.7 Å². The molecule has 0 aliphatic carbocycles. The summed E-state index contributed by atoms with van der Waals surface area (Å²) in [6, 6.07) is 15.3. The maximum atomic E-state index is 13.3. The highest BCUT2D eigenvalue weighted by molar-refractivity contribution is 7.89. The highest BCUT2D eigenvalue weighted by atomic mass is 32.2. The van der Waals surface area contributed by atoms with E-state index in [1.807, 2.05) is 35.2 Å². The summed E-state index contributed by atoms with van der Waals surface area (Å²) in [5, 5.41) is 0. The first-order valence-corrected chi connectivity index (χ1v) is 13.4. The van der Waals surface area contributed by atoms with Gasteiger partial charge in [-0.25, -0.2) is 13.4 Å². The molecule has 37 heavy (non-hydrogen) atoms. The third-order valence-corrected chi connectivity index (χ3v) is 8.20. The molecule has 0 spiro atoms. The van der Waals surface area contributed by atoms with Crippen molar-refractivity contribution in [3.63, 3.8) is 0 Å². The predicted octanol–water partition coefficient (Wildman–Crippen LogP) is 3.78. The van der Waals surface area contributed by atoms with Gasteiger partial charge in [-0.2, -0.15) is 4.31 Å². The van der Waals surface area contributed by atoms with Crippen LogP contribution in [0.4, 0.5) is 5.82 Å². The average molecular weight is 526 g/mol. The van der Waals surface area contributed by atoms with Gasteiger partial charge >= 0.3 is 0 Å². The van der Waals surface area contributed by atoms with Crippen LogP contribution < -0.4 is 19.1 Å². The summed E-state index contributed by atoms with van der Waals surface area (Å²) in [6.45, 7) is 1.44. The lowest BCUT2D eigenvalue weighted by molar-refractivity contribution is 0.0998. The Hall–Kier alpha value is -3.63. The number of rotatable bonds is 11. The fourth-order valence-electron chi connectivity index (χ4n) is 4.36. The molecule has 9 nitrogen and oxygen atoms in total. The number of carbonyl (C=O) groups is 1. The molecular formula is C27H31N3O6S. The number of ether oxygens (including phenoxy) is 3. The van der Waals surface area contributed by atoms with E-state index in [1.165, 1.54) is 16.4 Å². The van der Waals surface area contributed by atoms with E-state index in [2.05, 4.69) is 4.98 Å². The first-order chi connectivity index (χ1) is 17.9. The zero-order valence-electron chi connectivity index (χ0n) is 21.2. The second kappa shape index (κ2) is 11.6. The standard InChI is InChI=1S/C27H31N3O6S/c1-34-24-16-20(17-25(35-2)27(24)36-3)18-29(26-8-4-5-13-28-26)19-23(31)21-9-11-22(12-10-21)37(32,33)30-14-6-7-15-30/h4-5,8-13,16-17H,6-7,14-15,18-19H2,1-3H3. The van der Waals surface area contributed by atoms with Crippen LogP contribution >= 0.6 is 0 Å². The molecule has 196 valence electrons. The van der Waals surface area contributed by atoms with Crippen molar-refractivity contribution in [2.45, 2.75) is 24.3 Å². The first-order valence-electron chi connectivity index (χ1n) is 12.0. The topological polar surface area (TPSA) is 98.3 Å². The molecular weight excluding hydrogens is 494 g/mol. The van der Waals surface area contributed by atoms with Crippen LogP contribution in [0, 0.1) is 0 Å². The summed E-state index contributed by atoms with van der Waals surface area (Å²) < 4.78 is 43.5. The van der Waals surface area contributed by atoms with Crippen molar-refractivity contribution in [3.8, 4) is 17.2 Å². The van der Waals surface area contributed by atoms with Gasteiger partial charge in [0.2, 0.25) is 15.8 Å². The molecule has 3 aromatic rings. The molecule has 1 saturated heterocycles. The first kappa shape index (κ1) is 26.4. The molecule has 0 amide bonds. The second-order valence-corrected chi connectivity index (χ2v) is 10.6. The number of nitrogens with zero attached hydrogens (tertiary/aromatic N) is 3. The molecule has 0 atom stereocenters. The number of hydrogen-bond donors (Lipinski definition) is 0. The molecule has 2 heterocycles. The molecule has 0 radical (unpaired) electrons. The van der Waals surface area contributed by atoms with E-state index in [4.69, 9.17) is 14.2 Å². The minimum absolute atomic E-state index is 0.0336. The van der Waals surface area contributed by atoms with Gasteiger partial charge in [-0.15, -0.1) is 0 Å². The number of Topliss-reactive ketones (excluding diaryl/α,β-unsaturated/α-hetero) is 1. The Morgan fingerprint density at radius 3 is 2.14 bits per heavy atom. The molecule has 2 aromatic carbocycles. The third kappa shape index (κ3) is 5.86. The minimum atomic E-state index is -3.54. The Morgan fingerprint density at radius 2 is 1.59 bits per heavy atom. The van der Waals surface area contributed by atoms with Crippen LogP contribution in [0.25, 0.3) is 0 Å². The van der Waals surface area contributed by atoms with Gasteiger partial charge in [0.05, 0.1) is 32.8 Å². The third-order valence-electron chi connectivity index (χ3n) is 6.28. The largest absolute Gasteiger partial charge is 0.493 e. The molecule has 1 fully saturated rings. The van der Waals surface area contributed by atoms with Crippen LogP contribution in [-0.4, -0.2) is 64.5 Å². The highest BCUT2D eigenvalue weighted by Crippen LogP contribution is 2.38. The van der Waals surface area contributed by atoms with E-state index >= 15 is 0 Å². The van der Waals surface area contributed by atoms with Crippen molar-refractivity contribution in [2.75, 3.05) is 45.9 Å². The van der Waals surface area contributed by atoms with E-state index in [1.54, 1.807) is 39.7 Å². The predicted molar refractivity (Wildman–Crippen MR) is 140 cm³/mol. The number of carbonyl (C=O) groups excluding carboxylic acids is 1. The summed E-state index contributed by atoms with van der Waals surface area (Å²) in [5.41, 5.74) is 1.26. The smallest absolute Gasteiger partial charge is 0.243 e. The number of sulfonamides is 1. The van der Waals surface area contributed by atoms with Gasteiger partial charge in [0.15, 0.2) is 17.3 Å². The lowest BCUT2D eigenvalue weighted by Gasteiger charge is -2.24. The summed E-state index contributed by atoms with van der Waals surface area (Å²) in [6.07, 6.45) is 3.40. The zero-order chi connectivity index (χ0) is 26.4. The minimum Gasteiger partial charge on any atom is -0.493 e. The number of methoxy groups -OCH3 is 3. The number of hydrogen-bond acceptors (Lipinski definition) is 8. The van der Waals surface area contributed by atoms with Crippen LogP contribution in [0.5, 0.6) is 17.2 Å². The summed E-state index contributed by atoms with van der Waals surface area (Å²) in [7, 11) is 1.10. The fraction of sp³-hybridized carbons (Fsp3) is 0.333. The van der Waals surface area contributed by atoms with Crippen molar-refractivity contribution < 1.29 is 27.4 Å². The van der Waals surface area contributed by atoms with Crippen LogP contribution in [0.1, 0.15) is 28.8 Å². The molecule has 0 bridgehead atoms. The van der Waals surface area contributed by atoms with Gasteiger partial charge in [-0.3, -0.25) is 4.79 Å². The Morgan fingerprint density at radius 1 is 0.946 bits per heavy atom. The Labute approximate surface area is 217 Å². The van der Waals surface area contributed by atoms with Gasteiger partial charge in [-0.1, -0.05) is 6.07 Å². The van der Waals surface area contributed by atoms with Crippen LogP contribution in [0.2, 0.25) is 0 Å². The van der Waals surface area contributed by atoms with Crippen LogP contribution in [-0.2, 0) is 16.6 Å². The Balaban J connectivity index is 1.58. The lowest BCUT2D eigenvalue weighted by Crippen LogP contribution is -2.30. The highest BCUT2D eigenvalue weighted by Gasteiger charge is 2.27. The molecule has 0 N–H and O–H groups in total. The van der Waals surface area contributed by atoms with E-state index in [0.717, 1.165) is 18.4 Å². The molecule has 1 aliphatic heterocycles. The average Bonchev–Trinajstić information content (AvgIpc) is 3.49. The van der Waals surface area contributed by atoms with Gasteiger partial charge in [0.25, 0.3) is 0 Å². The molecule has 10 heteroatoms. The summed E-state index contributed by atoms with van der Waals surface area (Å²) >= 11 is 0. The zero-order valence-corrected chi connectivity index (χ0v) is 22.0. The van der Waals surface area contributed by atoms with Gasteiger partial charge in [0, 0.05) is 31.4 Å². The molecule has 0 saturated carbocycles. The van der Waals surface area contributed by atoms with Gasteiger partial charge in [0.1, 0.15) is 5.82 Å². The van der Waals surface area contributed by atoms with Gasteiger partial charge < -0.3 is 19.1 Å². The van der Waals surface area contributed by atoms with Crippen LogP contribution in [0.3, 0.4) is 0 Å². The number of pyridine rings is 1. The van der Waals surface area contributed by atoms with Crippen molar-refractivity contribution in [1.29, 1.82) is 0 Å². The Bertz CT molecular complexity index is 1300. The number of ketones is 1. The van der Waals surface area contributed by atoms with E-state index in [0.29, 0.717) is 48.3 Å².